The Kier molecular flexibility index (Phi) is 6.55. The maximum atomic E-state index is 11.0. The molecule has 1 amide bonds. The number of hydrogen-bond donors (Lipinski definition) is 2. The molecule has 1 aliphatic rings. The van der Waals surface area contributed by atoms with E-state index in [-0.39, 0.29) is 5.91 Å². The Bertz CT molecular complexity index is 728. The van der Waals surface area contributed by atoms with Gasteiger partial charge in [0.1, 0.15) is 0 Å². The van der Waals surface area contributed by atoms with E-state index in [0.29, 0.717) is 12.0 Å². The Balaban J connectivity index is 0.000000307. The molecule has 24 heavy (non-hydrogen) atoms. The predicted octanol–water partition coefficient (Wildman–Crippen LogP) is 2.17. The second kappa shape index (κ2) is 7.97. The average Bonchev–Trinajstić information content (AvgIpc) is 2.47. The van der Waals surface area contributed by atoms with Crippen molar-refractivity contribution in [3.05, 3.63) is 59.9 Å². The lowest BCUT2D eigenvalue weighted by molar-refractivity contribution is -0.114. The molecule has 6 nitrogen and oxygen atoms in total. The second-order valence-electron chi connectivity index (χ2n) is 4.69. The number of carbonyl (C=O) groups excluding carboxylic acids is 1. The van der Waals surface area contributed by atoms with Crippen LogP contribution in [0.15, 0.2) is 54.4 Å². The molecule has 132 valence electrons. The van der Waals surface area contributed by atoms with Crippen LogP contribution >= 0.6 is 0 Å². The fourth-order valence-electron chi connectivity index (χ4n) is 1.67. The molecule has 0 aromatic heterocycles. The van der Waals surface area contributed by atoms with Gasteiger partial charge in [-0.2, -0.15) is 21.6 Å². The third-order valence-electron chi connectivity index (χ3n) is 2.77. The Hall–Kier alpha value is -2.33. The van der Waals surface area contributed by atoms with E-state index >= 15 is 0 Å². The van der Waals surface area contributed by atoms with E-state index in [1.807, 2.05) is 41.6 Å². The molecule has 0 bridgehead atoms. The standard InChI is InChI=1S/C13H14N2O.CHF3O3S/c14-13(16)12-7-4-8-15(10-12)9-11-5-2-1-3-6-11;2-1(3,4)8(5,6)7/h1-6,8,10H,7,9H2,(H2,14,16);(H,5,6,7). The lowest BCUT2D eigenvalue weighted by Crippen LogP contribution is -2.21. The van der Waals surface area contributed by atoms with Crippen LogP contribution in [0.3, 0.4) is 0 Å². The highest BCUT2D eigenvalue weighted by Gasteiger charge is 2.44. The number of halogens is 3. The van der Waals surface area contributed by atoms with Crippen molar-refractivity contribution < 1.29 is 30.9 Å². The first kappa shape index (κ1) is 19.7. The lowest BCUT2D eigenvalue weighted by atomic mass is 10.1. The molecule has 1 aromatic rings. The number of benzene rings is 1. The van der Waals surface area contributed by atoms with Gasteiger partial charge in [-0.15, -0.1) is 0 Å². The molecule has 0 fully saturated rings. The number of carbonyl (C=O) groups is 1. The van der Waals surface area contributed by atoms with Crippen LogP contribution in [-0.4, -0.2) is 29.3 Å². The van der Waals surface area contributed by atoms with Gasteiger partial charge in [0.2, 0.25) is 5.91 Å². The minimum Gasteiger partial charge on any atom is -0.366 e. The highest BCUT2D eigenvalue weighted by molar-refractivity contribution is 7.86. The largest absolute Gasteiger partial charge is 0.522 e. The number of amides is 1. The summed E-state index contributed by atoms with van der Waals surface area (Å²) in [6.45, 7) is 0.758. The van der Waals surface area contributed by atoms with Gasteiger partial charge < -0.3 is 10.6 Å². The topological polar surface area (TPSA) is 101 Å². The monoisotopic (exact) mass is 364 g/mol. The van der Waals surface area contributed by atoms with Crippen LogP contribution in [-0.2, 0) is 21.5 Å². The van der Waals surface area contributed by atoms with E-state index < -0.39 is 15.6 Å². The highest BCUT2D eigenvalue weighted by atomic mass is 32.2. The molecule has 2 rings (SSSR count). The maximum Gasteiger partial charge on any atom is 0.522 e. The molecule has 0 saturated carbocycles. The van der Waals surface area contributed by atoms with E-state index in [1.54, 1.807) is 0 Å². The van der Waals surface area contributed by atoms with Crippen LogP contribution in [0.25, 0.3) is 0 Å². The summed E-state index contributed by atoms with van der Waals surface area (Å²) in [5.74, 6) is -0.345. The highest BCUT2D eigenvalue weighted by Crippen LogP contribution is 2.20. The molecule has 0 unspecified atom stereocenters. The first-order chi connectivity index (χ1) is 11.0. The van der Waals surface area contributed by atoms with E-state index in [0.717, 1.165) is 6.54 Å². The van der Waals surface area contributed by atoms with Crippen molar-refractivity contribution in [1.29, 1.82) is 0 Å². The van der Waals surface area contributed by atoms with Gasteiger partial charge in [-0.05, 0) is 12.0 Å². The van der Waals surface area contributed by atoms with Crippen LogP contribution in [0.4, 0.5) is 13.2 Å². The first-order valence-electron chi connectivity index (χ1n) is 6.51. The number of alkyl halides is 3. The SMILES string of the molecule is NC(=O)C1=CN(Cc2ccccc2)C=CC1.O=S(=O)(O)C(F)(F)F. The van der Waals surface area contributed by atoms with Gasteiger partial charge in [0.25, 0.3) is 0 Å². The van der Waals surface area contributed by atoms with Gasteiger partial charge in [0.15, 0.2) is 0 Å². The summed E-state index contributed by atoms with van der Waals surface area (Å²) in [5.41, 5.74) is 1.57. The van der Waals surface area contributed by atoms with Gasteiger partial charge in [-0.3, -0.25) is 9.35 Å². The van der Waals surface area contributed by atoms with Crippen molar-refractivity contribution in [3.8, 4) is 0 Å². The minimum absolute atomic E-state index is 0.345. The zero-order valence-electron chi connectivity index (χ0n) is 12.3. The number of rotatable bonds is 3. The summed E-state index contributed by atoms with van der Waals surface area (Å²) in [6.07, 6.45) is 6.36. The van der Waals surface area contributed by atoms with Gasteiger partial charge >= 0.3 is 15.6 Å². The van der Waals surface area contributed by atoms with E-state index in [9.17, 15) is 18.0 Å². The second-order valence-corrected chi connectivity index (χ2v) is 6.10. The van der Waals surface area contributed by atoms with Crippen molar-refractivity contribution >= 4 is 16.0 Å². The number of allylic oxidation sites excluding steroid dienone is 1. The molecular formula is C14H15F3N2O4S. The molecular weight excluding hydrogens is 349 g/mol. The van der Waals surface area contributed by atoms with Gasteiger partial charge in [-0.25, -0.2) is 0 Å². The molecule has 1 aliphatic heterocycles. The first-order valence-corrected chi connectivity index (χ1v) is 7.95. The summed E-state index contributed by atoms with van der Waals surface area (Å²) >= 11 is 0. The van der Waals surface area contributed by atoms with Crippen LogP contribution in [0.1, 0.15) is 12.0 Å². The minimum atomic E-state index is -5.84. The third-order valence-corrected chi connectivity index (χ3v) is 3.36. The van der Waals surface area contributed by atoms with Crippen molar-refractivity contribution in [2.45, 2.75) is 18.5 Å². The van der Waals surface area contributed by atoms with Gasteiger partial charge in [0.05, 0.1) is 0 Å². The molecule has 0 aliphatic carbocycles. The van der Waals surface area contributed by atoms with Gasteiger partial charge in [0, 0.05) is 24.5 Å². The van der Waals surface area contributed by atoms with E-state index in [1.165, 1.54) is 5.56 Å². The van der Waals surface area contributed by atoms with Crippen LogP contribution in [0.5, 0.6) is 0 Å². The quantitative estimate of drug-likeness (QED) is 0.632. The molecule has 0 spiro atoms. The summed E-state index contributed by atoms with van der Waals surface area (Å²) in [6, 6.07) is 10.1. The Morgan fingerprint density at radius 3 is 2.25 bits per heavy atom. The number of primary amides is 1. The van der Waals surface area contributed by atoms with Crippen molar-refractivity contribution in [2.75, 3.05) is 0 Å². The lowest BCUT2D eigenvalue weighted by Gasteiger charge is -2.20. The van der Waals surface area contributed by atoms with E-state index in [2.05, 4.69) is 12.1 Å². The van der Waals surface area contributed by atoms with Crippen molar-refractivity contribution in [3.63, 3.8) is 0 Å². The molecule has 10 heteroatoms. The van der Waals surface area contributed by atoms with Crippen LogP contribution in [0, 0.1) is 0 Å². The van der Waals surface area contributed by atoms with E-state index in [4.69, 9.17) is 18.7 Å². The zero-order valence-corrected chi connectivity index (χ0v) is 13.1. The predicted molar refractivity (Wildman–Crippen MR) is 80.6 cm³/mol. The number of nitrogens with zero attached hydrogens (tertiary/aromatic N) is 1. The van der Waals surface area contributed by atoms with Crippen LogP contribution < -0.4 is 5.73 Å². The van der Waals surface area contributed by atoms with Crippen LogP contribution in [0.2, 0.25) is 0 Å². The average molecular weight is 364 g/mol. The normalized spacial score (nSPS) is 14.5. The van der Waals surface area contributed by atoms with Crippen molar-refractivity contribution in [2.24, 2.45) is 5.73 Å². The molecule has 1 heterocycles. The summed E-state index contributed by atoms with van der Waals surface area (Å²) < 4.78 is 57.5. The molecule has 1 aromatic carbocycles. The molecule has 0 radical (unpaired) electrons. The Labute approximate surface area is 136 Å². The van der Waals surface area contributed by atoms with Gasteiger partial charge in [-0.1, -0.05) is 36.4 Å². The Morgan fingerprint density at radius 1 is 1.25 bits per heavy atom. The third kappa shape index (κ3) is 6.42. The number of hydrogen-bond acceptors (Lipinski definition) is 4. The maximum absolute atomic E-state index is 11.0. The summed E-state index contributed by atoms with van der Waals surface area (Å²) in [4.78, 5) is 13.0. The summed E-state index contributed by atoms with van der Waals surface area (Å²) in [5, 5.41) is 0. The fraction of sp³-hybridized carbons (Fsp3) is 0.214. The smallest absolute Gasteiger partial charge is 0.366 e. The number of nitrogens with two attached hydrogens (primary N) is 1. The zero-order chi connectivity index (χ0) is 18.4. The van der Waals surface area contributed by atoms with Crippen molar-refractivity contribution in [1.82, 2.24) is 4.90 Å². The molecule has 3 N–H and O–H groups in total. The Morgan fingerprint density at radius 2 is 1.79 bits per heavy atom. The fourth-order valence-corrected chi connectivity index (χ4v) is 1.67. The summed E-state index contributed by atoms with van der Waals surface area (Å²) in [7, 11) is -5.84. The molecule has 0 saturated heterocycles. The molecule has 0 atom stereocenters.